The number of nitro benzene ring substituents is 2. The molecule has 2 atom stereocenters. The Labute approximate surface area is 190 Å². The van der Waals surface area contributed by atoms with E-state index in [1.165, 1.54) is 70.1 Å². The molecule has 0 aliphatic heterocycles. The van der Waals surface area contributed by atoms with Gasteiger partial charge in [0, 0.05) is 47.1 Å². The summed E-state index contributed by atoms with van der Waals surface area (Å²) in [5.41, 5.74) is 12.3. The number of anilines is 2. The van der Waals surface area contributed by atoms with Gasteiger partial charge in [-0.1, -0.05) is 21.6 Å². The molecule has 2 aromatic rings. The number of nitrogens with two attached hydrogens (primary N) is 2. The molecule has 0 fully saturated rings. The molecule has 32 heavy (non-hydrogen) atoms. The molecule has 2 unspecified atom stereocenters. The molecule has 170 valence electrons. The Morgan fingerprint density at radius 1 is 0.750 bits per heavy atom. The number of amides is 2. The fourth-order valence-electron chi connectivity index (χ4n) is 2.20. The molecule has 14 heteroatoms. The Hall–Kier alpha value is -3.20. The lowest BCUT2D eigenvalue weighted by Crippen LogP contribution is -2.38. The van der Waals surface area contributed by atoms with Gasteiger partial charge in [0.25, 0.3) is 11.4 Å². The number of hydrogen-bond donors (Lipinski definition) is 4. The van der Waals surface area contributed by atoms with E-state index in [9.17, 15) is 29.8 Å². The van der Waals surface area contributed by atoms with Crippen LogP contribution in [-0.4, -0.2) is 45.3 Å². The van der Waals surface area contributed by atoms with Crippen molar-refractivity contribution in [3.8, 4) is 0 Å². The fourth-order valence-corrected chi connectivity index (χ4v) is 4.44. The van der Waals surface area contributed by atoms with E-state index in [0.29, 0.717) is 11.4 Å². The van der Waals surface area contributed by atoms with Crippen LogP contribution in [0.5, 0.6) is 0 Å². The van der Waals surface area contributed by atoms with Gasteiger partial charge < -0.3 is 22.1 Å². The first kappa shape index (κ1) is 25.1. The first-order chi connectivity index (χ1) is 15.2. The lowest BCUT2D eigenvalue weighted by Gasteiger charge is -2.13. The molecular weight excluding hydrogens is 460 g/mol. The molecule has 0 aromatic heterocycles. The third-order valence-corrected chi connectivity index (χ3v) is 6.42. The highest BCUT2D eigenvalue weighted by atomic mass is 33.1. The van der Waals surface area contributed by atoms with Crippen LogP contribution in [0.3, 0.4) is 0 Å². The topological polar surface area (TPSA) is 197 Å². The third-order valence-electron chi connectivity index (χ3n) is 3.94. The van der Waals surface area contributed by atoms with Gasteiger partial charge in [0.2, 0.25) is 11.8 Å². The molecule has 0 spiro atoms. The van der Waals surface area contributed by atoms with Crippen molar-refractivity contribution < 1.29 is 19.4 Å². The van der Waals surface area contributed by atoms with Crippen molar-refractivity contribution in [2.24, 2.45) is 11.5 Å². The maximum absolute atomic E-state index is 12.1. The molecule has 2 amide bonds. The second kappa shape index (κ2) is 12.0. The Balaban J connectivity index is 1.69. The summed E-state index contributed by atoms with van der Waals surface area (Å²) in [6.07, 6.45) is 0. The number of nitrogens with zero attached hydrogens (tertiary/aromatic N) is 2. The molecule has 0 saturated carbocycles. The van der Waals surface area contributed by atoms with Crippen LogP contribution in [0.4, 0.5) is 22.7 Å². The van der Waals surface area contributed by atoms with Crippen molar-refractivity contribution in [3.05, 3.63) is 68.8 Å². The van der Waals surface area contributed by atoms with E-state index in [4.69, 9.17) is 11.5 Å². The molecule has 12 nitrogen and oxygen atoms in total. The zero-order valence-corrected chi connectivity index (χ0v) is 18.1. The minimum atomic E-state index is -0.840. The van der Waals surface area contributed by atoms with Gasteiger partial charge in [-0.3, -0.25) is 29.8 Å². The lowest BCUT2D eigenvalue weighted by molar-refractivity contribution is -0.385. The Bertz CT molecular complexity index is 893. The van der Waals surface area contributed by atoms with Crippen LogP contribution in [0.25, 0.3) is 0 Å². The Morgan fingerprint density at radius 3 is 1.34 bits per heavy atom. The van der Waals surface area contributed by atoms with E-state index in [-0.39, 0.29) is 22.9 Å². The Morgan fingerprint density at radius 2 is 1.06 bits per heavy atom. The minimum absolute atomic E-state index is 0.0896. The summed E-state index contributed by atoms with van der Waals surface area (Å²) >= 11 is 0. The normalized spacial score (nSPS) is 12.4. The van der Waals surface area contributed by atoms with Crippen LogP contribution in [-0.2, 0) is 9.59 Å². The van der Waals surface area contributed by atoms with Crippen LogP contribution < -0.4 is 22.1 Å². The molecule has 0 bridgehead atoms. The monoisotopic (exact) mass is 480 g/mol. The van der Waals surface area contributed by atoms with E-state index < -0.39 is 33.7 Å². The number of nitro groups is 2. The quantitative estimate of drug-likeness (QED) is 0.160. The average molecular weight is 481 g/mol. The smallest absolute Gasteiger partial charge is 0.269 e. The van der Waals surface area contributed by atoms with E-state index in [1.807, 2.05) is 0 Å². The highest BCUT2D eigenvalue weighted by molar-refractivity contribution is 8.76. The summed E-state index contributed by atoms with van der Waals surface area (Å²) in [4.78, 5) is 44.4. The molecule has 0 aliphatic rings. The first-order valence-corrected chi connectivity index (χ1v) is 11.5. The molecule has 0 heterocycles. The number of carbonyl (C=O) groups excluding carboxylic acids is 2. The van der Waals surface area contributed by atoms with Crippen molar-refractivity contribution in [3.63, 3.8) is 0 Å². The largest absolute Gasteiger partial charge is 0.325 e. The standard InChI is InChI=1S/C18H20N6O6S2/c19-15(17(25)21-11-1-5-13(6-2-11)23(27)28)9-31-32-10-16(20)18(26)22-12-3-7-14(8-4-12)24(29)30/h1-8,15-16H,9-10,19-20H2,(H,21,25)(H,22,26). The molecule has 6 N–H and O–H groups in total. The molecular formula is C18H20N6O6S2. The lowest BCUT2D eigenvalue weighted by atomic mass is 10.2. The predicted octanol–water partition coefficient (Wildman–Crippen LogP) is 2.12. The molecule has 0 aliphatic carbocycles. The summed E-state index contributed by atoms with van der Waals surface area (Å²) in [5.74, 6) is -0.403. The van der Waals surface area contributed by atoms with Gasteiger partial charge in [-0.05, 0) is 24.3 Å². The van der Waals surface area contributed by atoms with E-state index >= 15 is 0 Å². The predicted molar refractivity (Wildman–Crippen MR) is 124 cm³/mol. The maximum Gasteiger partial charge on any atom is 0.269 e. The van der Waals surface area contributed by atoms with Crippen LogP contribution in [0.2, 0.25) is 0 Å². The number of rotatable bonds is 11. The van der Waals surface area contributed by atoms with Gasteiger partial charge in [0.05, 0.1) is 21.9 Å². The van der Waals surface area contributed by atoms with Gasteiger partial charge in [0.1, 0.15) is 0 Å². The van der Waals surface area contributed by atoms with Gasteiger partial charge in [-0.25, -0.2) is 0 Å². The zero-order valence-electron chi connectivity index (χ0n) is 16.5. The second-order valence-corrected chi connectivity index (χ2v) is 8.92. The minimum Gasteiger partial charge on any atom is -0.325 e. The highest BCUT2D eigenvalue weighted by Gasteiger charge is 2.17. The number of benzene rings is 2. The molecule has 0 radical (unpaired) electrons. The van der Waals surface area contributed by atoms with Crippen LogP contribution in [0.15, 0.2) is 48.5 Å². The summed E-state index contributed by atoms with van der Waals surface area (Å²) in [6, 6.07) is 9.05. The van der Waals surface area contributed by atoms with Gasteiger partial charge in [-0.15, -0.1) is 0 Å². The fraction of sp³-hybridized carbons (Fsp3) is 0.222. The Kier molecular flexibility index (Phi) is 9.39. The molecule has 0 saturated heterocycles. The first-order valence-electron chi connectivity index (χ1n) is 9.03. The summed E-state index contributed by atoms with van der Waals surface area (Å²) in [5, 5.41) is 26.4. The number of carbonyl (C=O) groups is 2. The number of non-ortho nitro benzene ring substituents is 2. The summed E-state index contributed by atoms with van der Waals surface area (Å²) < 4.78 is 0. The molecule has 2 aromatic carbocycles. The average Bonchev–Trinajstić information content (AvgIpc) is 2.77. The van der Waals surface area contributed by atoms with Crippen LogP contribution in [0.1, 0.15) is 0 Å². The number of nitrogens with one attached hydrogen (secondary N) is 2. The van der Waals surface area contributed by atoms with Crippen LogP contribution in [0, 0.1) is 20.2 Å². The summed E-state index contributed by atoms with van der Waals surface area (Å²) in [7, 11) is 2.54. The molecule has 2 rings (SSSR count). The van der Waals surface area contributed by atoms with Crippen molar-refractivity contribution in [2.75, 3.05) is 22.1 Å². The van der Waals surface area contributed by atoms with Gasteiger partial charge in [0.15, 0.2) is 0 Å². The van der Waals surface area contributed by atoms with Crippen molar-refractivity contribution in [1.82, 2.24) is 0 Å². The van der Waals surface area contributed by atoms with Crippen molar-refractivity contribution in [2.45, 2.75) is 12.1 Å². The van der Waals surface area contributed by atoms with E-state index in [0.717, 1.165) is 0 Å². The summed E-state index contributed by atoms with van der Waals surface area (Å²) in [6.45, 7) is 0. The SMILES string of the molecule is NC(CSSCC(N)C(=O)Nc1ccc([N+](=O)[O-])cc1)C(=O)Nc1ccc([N+](=O)[O-])cc1. The van der Waals surface area contributed by atoms with E-state index in [1.54, 1.807) is 0 Å². The zero-order chi connectivity index (χ0) is 23.7. The maximum atomic E-state index is 12.1. The van der Waals surface area contributed by atoms with E-state index in [2.05, 4.69) is 10.6 Å². The highest BCUT2D eigenvalue weighted by Crippen LogP contribution is 2.23. The van der Waals surface area contributed by atoms with Crippen molar-refractivity contribution >= 4 is 56.2 Å². The van der Waals surface area contributed by atoms with Gasteiger partial charge >= 0.3 is 0 Å². The second-order valence-electron chi connectivity index (χ2n) is 6.37. The van der Waals surface area contributed by atoms with Crippen molar-refractivity contribution in [1.29, 1.82) is 0 Å². The van der Waals surface area contributed by atoms with Crippen LogP contribution >= 0.6 is 21.6 Å². The number of hydrogen-bond acceptors (Lipinski definition) is 10. The third kappa shape index (κ3) is 7.81. The van der Waals surface area contributed by atoms with Gasteiger partial charge in [-0.2, -0.15) is 0 Å².